The van der Waals surface area contributed by atoms with Gasteiger partial charge in [0.15, 0.2) is 5.96 Å². The molecule has 15 heavy (non-hydrogen) atoms. The summed E-state index contributed by atoms with van der Waals surface area (Å²) in [6.45, 7) is 5.50. The molecule has 1 rings (SSSR count). The van der Waals surface area contributed by atoms with E-state index < -0.39 is 0 Å². The van der Waals surface area contributed by atoms with Crippen molar-refractivity contribution < 1.29 is 9.47 Å². The lowest BCUT2D eigenvalue weighted by molar-refractivity contribution is -0.00461. The Labute approximate surface area is 91.2 Å². The van der Waals surface area contributed by atoms with Crippen LogP contribution in [0, 0.1) is 0 Å². The van der Waals surface area contributed by atoms with Crippen molar-refractivity contribution in [3.8, 4) is 0 Å². The number of nitrogens with zero attached hydrogens (tertiary/aromatic N) is 2. The highest BCUT2D eigenvalue weighted by atomic mass is 16.5. The second-order valence-electron chi connectivity index (χ2n) is 4.03. The summed E-state index contributed by atoms with van der Waals surface area (Å²) < 4.78 is 10.6. The van der Waals surface area contributed by atoms with Crippen molar-refractivity contribution in [2.24, 2.45) is 10.7 Å². The highest BCUT2D eigenvalue weighted by Gasteiger charge is 2.33. The third kappa shape index (κ3) is 3.07. The molecule has 1 fully saturated rings. The molecule has 0 saturated carbocycles. The molecule has 1 heterocycles. The Morgan fingerprint density at radius 1 is 1.27 bits per heavy atom. The van der Waals surface area contributed by atoms with Crippen LogP contribution in [-0.4, -0.2) is 56.4 Å². The van der Waals surface area contributed by atoms with Crippen molar-refractivity contribution in [2.75, 3.05) is 27.3 Å². The van der Waals surface area contributed by atoms with Gasteiger partial charge in [-0.1, -0.05) is 0 Å². The molecule has 0 amide bonds. The number of hydrogen-bond acceptors (Lipinski definition) is 3. The molecule has 5 nitrogen and oxygen atoms in total. The Morgan fingerprint density at radius 2 is 1.73 bits per heavy atom. The van der Waals surface area contributed by atoms with Gasteiger partial charge in [-0.3, -0.25) is 4.99 Å². The lowest BCUT2D eigenvalue weighted by Gasteiger charge is -2.17. The fourth-order valence-corrected chi connectivity index (χ4v) is 1.73. The van der Waals surface area contributed by atoms with Gasteiger partial charge in [0.25, 0.3) is 0 Å². The van der Waals surface area contributed by atoms with Crippen LogP contribution < -0.4 is 5.73 Å². The number of nitrogens with two attached hydrogens (primary N) is 1. The van der Waals surface area contributed by atoms with E-state index in [1.165, 1.54) is 0 Å². The SMILES string of the molecule is COC1CN(C(N)=NC(C)C)CC1OC. The van der Waals surface area contributed by atoms with Crippen LogP contribution in [-0.2, 0) is 9.47 Å². The quantitative estimate of drug-likeness (QED) is 0.534. The maximum absolute atomic E-state index is 5.88. The van der Waals surface area contributed by atoms with Crippen LogP contribution in [0.5, 0.6) is 0 Å². The third-order valence-electron chi connectivity index (χ3n) is 2.54. The summed E-state index contributed by atoms with van der Waals surface area (Å²) in [6.07, 6.45) is 0.159. The molecule has 1 aliphatic heterocycles. The molecule has 0 aliphatic carbocycles. The predicted molar refractivity (Wildman–Crippen MR) is 59.9 cm³/mol. The minimum absolute atomic E-state index is 0.0795. The Morgan fingerprint density at radius 3 is 2.07 bits per heavy atom. The standard InChI is InChI=1S/C10H21N3O2/c1-7(2)12-10(11)13-5-8(14-3)9(6-13)15-4/h7-9H,5-6H2,1-4H3,(H2,11,12). The monoisotopic (exact) mass is 215 g/mol. The molecule has 88 valence electrons. The first-order chi connectivity index (χ1) is 7.08. The maximum atomic E-state index is 5.88. The Balaban J connectivity index is 2.60. The molecule has 0 bridgehead atoms. The van der Waals surface area contributed by atoms with Crippen molar-refractivity contribution in [1.29, 1.82) is 0 Å². The fourth-order valence-electron chi connectivity index (χ4n) is 1.73. The number of aliphatic imine (C=N–C) groups is 1. The third-order valence-corrected chi connectivity index (χ3v) is 2.54. The van der Waals surface area contributed by atoms with E-state index in [0.29, 0.717) is 5.96 Å². The Kier molecular flexibility index (Phi) is 4.35. The first-order valence-corrected chi connectivity index (χ1v) is 5.22. The van der Waals surface area contributed by atoms with Crippen molar-refractivity contribution in [2.45, 2.75) is 32.1 Å². The molecule has 1 saturated heterocycles. The summed E-state index contributed by atoms with van der Waals surface area (Å²) in [7, 11) is 3.38. The minimum atomic E-state index is 0.0795. The number of hydrogen-bond donors (Lipinski definition) is 1. The highest BCUT2D eigenvalue weighted by molar-refractivity contribution is 5.78. The molecule has 0 aromatic carbocycles. The van der Waals surface area contributed by atoms with E-state index in [9.17, 15) is 0 Å². The molecule has 2 unspecified atom stereocenters. The maximum Gasteiger partial charge on any atom is 0.191 e. The summed E-state index contributed by atoms with van der Waals surface area (Å²) in [6, 6.07) is 0.215. The van der Waals surface area contributed by atoms with E-state index in [1.54, 1.807) is 14.2 Å². The van der Waals surface area contributed by atoms with Crippen LogP contribution in [0.2, 0.25) is 0 Å². The van der Waals surface area contributed by atoms with Crippen molar-refractivity contribution in [3.05, 3.63) is 0 Å². The molecule has 0 aromatic rings. The minimum Gasteiger partial charge on any atom is -0.377 e. The number of guanidine groups is 1. The molecule has 2 atom stereocenters. The summed E-state index contributed by atoms with van der Waals surface area (Å²) in [5.74, 6) is 0.576. The zero-order chi connectivity index (χ0) is 11.4. The molecule has 5 heteroatoms. The summed E-state index contributed by atoms with van der Waals surface area (Å²) in [4.78, 5) is 6.31. The van der Waals surface area contributed by atoms with E-state index in [2.05, 4.69) is 4.99 Å². The van der Waals surface area contributed by atoms with Crippen LogP contribution in [0.25, 0.3) is 0 Å². The molecule has 1 aliphatic rings. The molecule has 0 radical (unpaired) electrons. The first-order valence-electron chi connectivity index (χ1n) is 5.22. The second kappa shape index (κ2) is 5.32. The average molecular weight is 215 g/mol. The lowest BCUT2D eigenvalue weighted by Crippen LogP contribution is -2.37. The lowest BCUT2D eigenvalue weighted by atomic mass is 10.3. The van der Waals surface area contributed by atoms with Crippen LogP contribution in [0.15, 0.2) is 4.99 Å². The van der Waals surface area contributed by atoms with E-state index in [4.69, 9.17) is 15.2 Å². The largest absolute Gasteiger partial charge is 0.377 e. The smallest absolute Gasteiger partial charge is 0.191 e. The zero-order valence-corrected chi connectivity index (χ0v) is 9.93. The van der Waals surface area contributed by atoms with Crippen molar-refractivity contribution in [1.82, 2.24) is 4.90 Å². The van der Waals surface area contributed by atoms with Gasteiger partial charge in [0.05, 0.1) is 0 Å². The van der Waals surface area contributed by atoms with Gasteiger partial charge in [0.2, 0.25) is 0 Å². The predicted octanol–water partition coefficient (Wildman–Crippen LogP) is 0.0551. The van der Waals surface area contributed by atoms with Crippen LogP contribution in [0.4, 0.5) is 0 Å². The van der Waals surface area contributed by atoms with Gasteiger partial charge < -0.3 is 20.1 Å². The Hall–Kier alpha value is -0.810. The van der Waals surface area contributed by atoms with Gasteiger partial charge in [-0.25, -0.2) is 0 Å². The molecule has 0 aromatic heterocycles. The summed E-state index contributed by atoms with van der Waals surface area (Å²) in [5.41, 5.74) is 5.88. The van der Waals surface area contributed by atoms with Crippen LogP contribution in [0.3, 0.4) is 0 Å². The van der Waals surface area contributed by atoms with Gasteiger partial charge in [0, 0.05) is 33.4 Å². The zero-order valence-electron chi connectivity index (χ0n) is 9.93. The van der Waals surface area contributed by atoms with Gasteiger partial charge in [-0.15, -0.1) is 0 Å². The second-order valence-corrected chi connectivity index (χ2v) is 4.03. The number of methoxy groups -OCH3 is 2. The van der Waals surface area contributed by atoms with Gasteiger partial charge in [0.1, 0.15) is 12.2 Å². The first kappa shape index (κ1) is 12.3. The van der Waals surface area contributed by atoms with Crippen molar-refractivity contribution >= 4 is 5.96 Å². The van der Waals surface area contributed by atoms with E-state index in [-0.39, 0.29) is 18.2 Å². The Bertz CT molecular complexity index is 219. The average Bonchev–Trinajstić information content (AvgIpc) is 2.59. The van der Waals surface area contributed by atoms with Gasteiger partial charge in [-0.2, -0.15) is 0 Å². The van der Waals surface area contributed by atoms with Crippen LogP contribution in [0.1, 0.15) is 13.8 Å². The van der Waals surface area contributed by atoms with E-state index >= 15 is 0 Å². The fraction of sp³-hybridized carbons (Fsp3) is 0.900. The van der Waals surface area contributed by atoms with E-state index in [1.807, 2.05) is 18.7 Å². The molecular weight excluding hydrogens is 194 g/mol. The summed E-state index contributed by atoms with van der Waals surface area (Å²) >= 11 is 0. The normalized spacial score (nSPS) is 27.8. The van der Waals surface area contributed by atoms with E-state index in [0.717, 1.165) is 13.1 Å². The number of ether oxygens (including phenoxy) is 2. The van der Waals surface area contributed by atoms with Gasteiger partial charge in [-0.05, 0) is 13.8 Å². The molecule has 2 N–H and O–H groups in total. The molecule has 0 spiro atoms. The topological polar surface area (TPSA) is 60.1 Å². The van der Waals surface area contributed by atoms with Gasteiger partial charge >= 0.3 is 0 Å². The van der Waals surface area contributed by atoms with Crippen LogP contribution >= 0.6 is 0 Å². The number of rotatable bonds is 3. The molecular formula is C10H21N3O2. The summed E-state index contributed by atoms with van der Waals surface area (Å²) in [5, 5.41) is 0. The number of likely N-dealkylation sites (tertiary alicyclic amines) is 1. The highest BCUT2D eigenvalue weighted by Crippen LogP contribution is 2.15. The van der Waals surface area contributed by atoms with Crippen molar-refractivity contribution in [3.63, 3.8) is 0 Å².